The second-order valence-corrected chi connectivity index (χ2v) is 8.04. The van der Waals surface area contributed by atoms with E-state index in [0.29, 0.717) is 18.2 Å². The molecular weight excluding hydrogens is 354 g/mol. The third-order valence-corrected chi connectivity index (χ3v) is 4.44. The minimum Gasteiger partial charge on any atom is -0.347 e. The van der Waals surface area contributed by atoms with Crippen molar-refractivity contribution in [3.63, 3.8) is 0 Å². The van der Waals surface area contributed by atoms with Gasteiger partial charge in [-0.3, -0.25) is 9.48 Å². The van der Waals surface area contributed by atoms with Gasteiger partial charge in [0.2, 0.25) is 0 Å². The Morgan fingerprint density at radius 3 is 2.70 bits per heavy atom. The molecule has 0 atom stereocenters. The summed E-state index contributed by atoms with van der Waals surface area (Å²) in [7, 11) is 0. The molecule has 1 amide bonds. The number of aromatic nitrogens is 2. The molecule has 1 aromatic heterocycles. The molecule has 1 aliphatic carbocycles. The molecule has 0 aliphatic heterocycles. The van der Waals surface area contributed by atoms with Gasteiger partial charge in [0.1, 0.15) is 5.69 Å². The standard InChI is InChI=1S/C18H22BrN3O/c1-18(2,3)22-16(13-7-8-13)10-15(21-22)17(23)20-11-12-5-4-6-14(19)9-12/h4-6,9-10,13H,7-8,11H2,1-3H3,(H,20,23). The van der Waals surface area contributed by atoms with Crippen LogP contribution in [0.4, 0.5) is 0 Å². The van der Waals surface area contributed by atoms with Crippen molar-refractivity contribution in [2.75, 3.05) is 0 Å². The van der Waals surface area contributed by atoms with E-state index in [4.69, 9.17) is 0 Å². The Bertz CT molecular complexity index is 726. The summed E-state index contributed by atoms with van der Waals surface area (Å²) < 4.78 is 3.02. The Morgan fingerprint density at radius 2 is 2.09 bits per heavy atom. The van der Waals surface area contributed by atoms with E-state index in [0.717, 1.165) is 10.0 Å². The number of rotatable bonds is 4. The summed E-state index contributed by atoms with van der Waals surface area (Å²) in [6.45, 7) is 6.86. The number of amides is 1. The molecule has 3 rings (SSSR count). The normalized spacial score (nSPS) is 14.8. The van der Waals surface area contributed by atoms with Crippen molar-refractivity contribution in [1.82, 2.24) is 15.1 Å². The first-order chi connectivity index (χ1) is 10.8. The Balaban J connectivity index is 1.75. The van der Waals surface area contributed by atoms with E-state index in [-0.39, 0.29) is 11.4 Å². The molecule has 2 aromatic rings. The molecule has 1 N–H and O–H groups in total. The van der Waals surface area contributed by atoms with Gasteiger partial charge in [-0.25, -0.2) is 0 Å². The maximum atomic E-state index is 12.4. The summed E-state index contributed by atoms with van der Waals surface area (Å²) in [5, 5.41) is 7.53. The van der Waals surface area contributed by atoms with Crippen LogP contribution in [0, 0.1) is 0 Å². The Morgan fingerprint density at radius 1 is 1.35 bits per heavy atom. The molecule has 0 saturated heterocycles. The number of hydrogen-bond acceptors (Lipinski definition) is 2. The minimum atomic E-state index is -0.116. The monoisotopic (exact) mass is 375 g/mol. The summed E-state index contributed by atoms with van der Waals surface area (Å²) in [5.41, 5.74) is 2.65. The van der Waals surface area contributed by atoms with Crippen LogP contribution in [-0.4, -0.2) is 15.7 Å². The van der Waals surface area contributed by atoms with E-state index in [1.54, 1.807) is 0 Å². The van der Waals surface area contributed by atoms with Crippen molar-refractivity contribution >= 4 is 21.8 Å². The van der Waals surface area contributed by atoms with Crippen molar-refractivity contribution in [2.45, 2.75) is 51.6 Å². The van der Waals surface area contributed by atoms with Crippen LogP contribution in [0.5, 0.6) is 0 Å². The Labute approximate surface area is 145 Å². The zero-order valence-corrected chi connectivity index (χ0v) is 15.4. The number of carbonyl (C=O) groups excluding carboxylic acids is 1. The number of halogens is 1. The Kier molecular flexibility index (Phi) is 4.32. The average molecular weight is 376 g/mol. The highest BCUT2D eigenvalue weighted by Gasteiger charge is 2.32. The smallest absolute Gasteiger partial charge is 0.272 e. The summed E-state index contributed by atoms with van der Waals surface area (Å²) in [4.78, 5) is 12.4. The molecule has 0 spiro atoms. The lowest BCUT2D eigenvalue weighted by Gasteiger charge is -2.22. The van der Waals surface area contributed by atoms with Gasteiger partial charge < -0.3 is 5.32 Å². The maximum absolute atomic E-state index is 12.4. The molecule has 5 heteroatoms. The molecule has 0 unspecified atom stereocenters. The van der Waals surface area contributed by atoms with E-state index < -0.39 is 0 Å². The van der Waals surface area contributed by atoms with Gasteiger partial charge in [-0.1, -0.05) is 28.1 Å². The van der Waals surface area contributed by atoms with Gasteiger partial charge in [0.25, 0.3) is 5.91 Å². The second-order valence-electron chi connectivity index (χ2n) is 7.12. The van der Waals surface area contributed by atoms with E-state index in [1.807, 2.05) is 35.0 Å². The fourth-order valence-electron chi connectivity index (χ4n) is 2.63. The molecule has 1 aromatic carbocycles. The third kappa shape index (κ3) is 3.83. The van der Waals surface area contributed by atoms with Gasteiger partial charge in [-0.2, -0.15) is 5.10 Å². The van der Waals surface area contributed by atoms with Gasteiger partial charge in [-0.05, 0) is 57.4 Å². The highest BCUT2D eigenvalue weighted by molar-refractivity contribution is 9.10. The summed E-state index contributed by atoms with van der Waals surface area (Å²) in [5.74, 6) is 0.447. The van der Waals surface area contributed by atoms with Crippen molar-refractivity contribution < 1.29 is 4.79 Å². The van der Waals surface area contributed by atoms with E-state index >= 15 is 0 Å². The molecule has 1 fully saturated rings. The molecule has 4 nitrogen and oxygen atoms in total. The fraction of sp³-hybridized carbons (Fsp3) is 0.444. The van der Waals surface area contributed by atoms with Gasteiger partial charge in [-0.15, -0.1) is 0 Å². The lowest BCUT2D eigenvalue weighted by Crippen LogP contribution is -2.27. The van der Waals surface area contributed by atoms with E-state index in [2.05, 4.69) is 47.1 Å². The van der Waals surface area contributed by atoms with Crippen molar-refractivity contribution in [1.29, 1.82) is 0 Å². The predicted molar refractivity (Wildman–Crippen MR) is 94.5 cm³/mol. The topological polar surface area (TPSA) is 46.9 Å². The number of hydrogen-bond donors (Lipinski definition) is 1. The lowest BCUT2D eigenvalue weighted by molar-refractivity contribution is 0.0944. The highest BCUT2D eigenvalue weighted by Crippen LogP contribution is 2.41. The molecular formula is C18H22BrN3O. The zero-order valence-electron chi connectivity index (χ0n) is 13.8. The molecule has 122 valence electrons. The van der Waals surface area contributed by atoms with Crippen LogP contribution in [-0.2, 0) is 12.1 Å². The van der Waals surface area contributed by atoms with Crippen LogP contribution in [0.2, 0.25) is 0 Å². The summed E-state index contributed by atoms with van der Waals surface area (Å²) >= 11 is 3.44. The number of carbonyl (C=O) groups is 1. The highest BCUT2D eigenvalue weighted by atomic mass is 79.9. The molecule has 23 heavy (non-hydrogen) atoms. The molecule has 0 bridgehead atoms. The van der Waals surface area contributed by atoms with Gasteiger partial charge in [0.15, 0.2) is 0 Å². The maximum Gasteiger partial charge on any atom is 0.272 e. The predicted octanol–water partition coefficient (Wildman–Crippen LogP) is 4.21. The van der Waals surface area contributed by atoms with Crippen molar-refractivity contribution in [3.8, 4) is 0 Å². The molecule has 1 heterocycles. The van der Waals surface area contributed by atoms with Crippen LogP contribution >= 0.6 is 15.9 Å². The number of nitrogens with one attached hydrogen (secondary N) is 1. The largest absolute Gasteiger partial charge is 0.347 e. The van der Waals surface area contributed by atoms with Crippen LogP contribution in [0.25, 0.3) is 0 Å². The minimum absolute atomic E-state index is 0.110. The van der Waals surface area contributed by atoms with E-state index in [9.17, 15) is 4.79 Å². The SMILES string of the molecule is CC(C)(C)n1nc(C(=O)NCc2cccc(Br)c2)cc1C1CC1. The zero-order chi connectivity index (χ0) is 16.6. The first-order valence-corrected chi connectivity index (χ1v) is 8.77. The van der Waals surface area contributed by atoms with Crippen LogP contribution < -0.4 is 5.32 Å². The molecule has 0 radical (unpaired) electrons. The Hall–Kier alpha value is -1.62. The number of nitrogens with zero attached hydrogens (tertiary/aromatic N) is 2. The average Bonchev–Trinajstić information content (AvgIpc) is 3.22. The van der Waals surface area contributed by atoms with Gasteiger partial charge >= 0.3 is 0 Å². The summed E-state index contributed by atoms with van der Waals surface area (Å²) in [6.07, 6.45) is 2.39. The van der Waals surface area contributed by atoms with Gasteiger partial charge in [0, 0.05) is 22.6 Å². The summed E-state index contributed by atoms with van der Waals surface area (Å²) in [6, 6.07) is 9.89. The quantitative estimate of drug-likeness (QED) is 0.869. The fourth-order valence-corrected chi connectivity index (χ4v) is 3.08. The number of benzene rings is 1. The third-order valence-electron chi connectivity index (χ3n) is 3.94. The van der Waals surface area contributed by atoms with Gasteiger partial charge in [0.05, 0.1) is 5.54 Å². The first kappa shape index (κ1) is 16.2. The molecule has 1 aliphatic rings. The van der Waals surface area contributed by atoms with Crippen LogP contribution in [0.3, 0.4) is 0 Å². The van der Waals surface area contributed by atoms with Crippen molar-refractivity contribution in [3.05, 3.63) is 51.8 Å². The molecule has 1 saturated carbocycles. The lowest BCUT2D eigenvalue weighted by atomic mass is 10.1. The first-order valence-electron chi connectivity index (χ1n) is 7.97. The van der Waals surface area contributed by atoms with Crippen molar-refractivity contribution in [2.24, 2.45) is 0 Å². The van der Waals surface area contributed by atoms with E-state index in [1.165, 1.54) is 18.5 Å². The second kappa shape index (κ2) is 6.11. The van der Waals surface area contributed by atoms with Crippen LogP contribution in [0.15, 0.2) is 34.8 Å². The van der Waals surface area contributed by atoms with Crippen LogP contribution in [0.1, 0.15) is 61.3 Å².